The van der Waals surface area contributed by atoms with Crippen LogP contribution < -0.4 is 10.6 Å². The van der Waals surface area contributed by atoms with Gasteiger partial charge in [0.05, 0.1) is 21.8 Å². The van der Waals surface area contributed by atoms with Crippen LogP contribution in [0.2, 0.25) is 5.02 Å². The number of sulfone groups is 1. The number of halogens is 2. The molecular weight excluding hydrogens is 416 g/mol. The van der Waals surface area contributed by atoms with E-state index in [2.05, 4.69) is 25.9 Å². The largest absolute Gasteiger partial charge is 0.389 e. The minimum absolute atomic E-state index is 0.424. The Hall–Kier alpha value is -1.28. The van der Waals surface area contributed by atoms with Gasteiger partial charge < -0.3 is 5.11 Å². The van der Waals surface area contributed by atoms with Crippen LogP contribution in [-0.2, 0) is 15.4 Å². The summed E-state index contributed by atoms with van der Waals surface area (Å²) in [4.78, 5) is 8.91. The molecule has 1 aromatic carbocycles. The molecule has 0 spiro atoms. The Morgan fingerprint density at radius 2 is 2.12 bits per heavy atom. The van der Waals surface area contributed by atoms with E-state index >= 15 is 0 Å². The average molecular weight is 430 g/mol. The summed E-state index contributed by atoms with van der Waals surface area (Å²) in [6, 6.07) is 8.70. The van der Waals surface area contributed by atoms with Gasteiger partial charge in [0, 0.05) is 22.1 Å². The number of rotatable bonds is 4. The first-order chi connectivity index (χ1) is 11.2. The number of hydrogen-bond acceptors (Lipinski definition) is 5. The Labute approximate surface area is 152 Å². The number of benzene rings is 1. The Morgan fingerprint density at radius 1 is 1.38 bits per heavy atom. The van der Waals surface area contributed by atoms with Crippen LogP contribution in [0.1, 0.15) is 5.69 Å². The lowest BCUT2D eigenvalue weighted by Crippen LogP contribution is -2.40. The minimum atomic E-state index is -3.40. The Kier molecular flexibility index (Phi) is 4.55. The molecule has 1 aliphatic rings. The molecule has 2 aromatic rings. The molecule has 24 heavy (non-hydrogen) atoms. The molecule has 1 N–H and O–H groups in total. The molecule has 2 atom stereocenters. The minimum Gasteiger partial charge on any atom is -0.389 e. The molecule has 0 fully saturated rings. The van der Waals surface area contributed by atoms with E-state index in [4.69, 9.17) is 11.6 Å². The quantitative estimate of drug-likeness (QED) is 0.792. The fraction of sp³-hybridized carbons (Fsp3) is 0.250. The van der Waals surface area contributed by atoms with Gasteiger partial charge in [-0.05, 0) is 46.3 Å². The van der Waals surface area contributed by atoms with Crippen LogP contribution in [-0.4, -0.2) is 36.6 Å². The van der Waals surface area contributed by atoms with Gasteiger partial charge in [-0.1, -0.05) is 17.7 Å². The molecule has 2 heterocycles. The second kappa shape index (κ2) is 6.22. The van der Waals surface area contributed by atoms with Gasteiger partial charge in [0.25, 0.3) is 0 Å². The molecule has 0 amide bonds. The van der Waals surface area contributed by atoms with Gasteiger partial charge in [-0.2, -0.15) is 0 Å². The predicted octanol–water partition coefficient (Wildman–Crippen LogP) is 1.21. The van der Waals surface area contributed by atoms with Crippen molar-refractivity contribution in [1.29, 1.82) is 0 Å². The van der Waals surface area contributed by atoms with E-state index < -0.39 is 27.2 Å². The lowest BCUT2D eigenvalue weighted by Gasteiger charge is -2.29. The van der Waals surface area contributed by atoms with E-state index in [1.165, 1.54) is 0 Å². The molecule has 0 bridgehead atoms. The topological polar surface area (TPSA) is 79.6 Å². The molecular formula is C16H14BrClN2O3S. The third-order valence-electron chi connectivity index (χ3n) is 3.79. The monoisotopic (exact) mass is 428 g/mol. The molecule has 126 valence electrons. The number of hydrogen-bond donors (Lipinski definition) is 1. The summed E-state index contributed by atoms with van der Waals surface area (Å²) in [6.07, 6.45) is 3.11. The first-order valence-electron chi connectivity index (χ1n) is 7.06. The van der Waals surface area contributed by atoms with Gasteiger partial charge >= 0.3 is 0 Å². The fourth-order valence-corrected chi connectivity index (χ4v) is 4.05. The lowest BCUT2D eigenvalue weighted by molar-refractivity contribution is 0.136. The number of aliphatic hydroxyl groups is 1. The Morgan fingerprint density at radius 3 is 2.75 bits per heavy atom. The van der Waals surface area contributed by atoms with Crippen LogP contribution in [0.15, 0.2) is 46.0 Å². The fourth-order valence-electron chi connectivity index (χ4n) is 2.72. The number of aliphatic hydroxyl groups excluding tert-OH is 1. The Bertz CT molecular complexity index is 969. The van der Waals surface area contributed by atoms with Gasteiger partial charge in [0.15, 0.2) is 0 Å². The van der Waals surface area contributed by atoms with Crippen LogP contribution in [0.5, 0.6) is 0 Å². The zero-order valence-electron chi connectivity index (χ0n) is 12.6. The van der Waals surface area contributed by atoms with Gasteiger partial charge in [-0.3, -0.25) is 9.98 Å². The first kappa shape index (κ1) is 17.5. The summed E-state index contributed by atoms with van der Waals surface area (Å²) in [5.74, 6) is -0.424. The Balaban J connectivity index is 2.24. The molecule has 5 nitrogen and oxygen atoms in total. The van der Waals surface area contributed by atoms with Crippen molar-refractivity contribution in [2.75, 3.05) is 12.0 Å². The number of nitrogens with zero attached hydrogens (tertiary/aromatic N) is 2. The summed E-state index contributed by atoms with van der Waals surface area (Å²) >= 11 is 9.48. The molecule has 1 aromatic heterocycles. The van der Waals surface area contributed by atoms with E-state index in [1.807, 2.05) is 0 Å². The maximum Gasteiger partial charge on any atom is 0.150 e. The number of fused-ring (bicyclic) bond motifs is 1. The van der Waals surface area contributed by atoms with Gasteiger partial charge in [-0.25, -0.2) is 8.42 Å². The molecule has 3 rings (SSSR count). The van der Waals surface area contributed by atoms with Crippen molar-refractivity contribution in [3.63, 3.8) is 0 Å². The van der Waals surface area contributed by atoms with Crippen LogP contribution in [0, 0.1) is 0 Å². The highest BCUT2D eigenvalue weighted by Crippen LogP contribution is 2.33. The third-order valence-corrected chi connectivity index (χ3v) is 5.91. The third kappa shape index (κ3) is 3.26. The molecule has 0 radical (unpaired) electrons. The normalized spacial score (nSPS) is 20.8. The highest BCUT2D eigenvalue weighted by molar-refractivity contribution is 9.10. The maximum atomic E-state index is 11.7. The molecule has 1 aliphatic heterocycles. The molecule has 0 saturated heterocycles. The second-order valence-corrected chi connectivity index (χ2v) is 9.18. The van der Waals surface area contributed by atoms with E-state index in [1.54, 1.807) is 42.6 Å². The second-order valence-electron chi connectivity index (χ2n) is 5.73. The van der Waals surface area contributed by atoms with Crippen molar-refractivity contribution in [3.8, 4) is 0 Å². The molecule has 2 unspecified atom stereocenters. The van der Waals surface area contributed by atoms with Gasteiger partial charge in [-0.15, -0.1) is 0 Å². The summed E-state index contributed by atoms with van der Waals surface area (Å²) in [7, 11) is -3.40. The average Bonchev–Trinajstić information content (AvgIpc) is 2.87. The predicted molar refractivity (Wildman–Crippen MR) is 96.0 cm³/mol. The van der Waals surface area contributed by atoms with Crippen LogP contribution >= 0.6 is 27.5 Å². The van der Waals surface area contributed by atoms with Crippen molar-refractivity contribution < 1.29 is 13.5 Å². The van der Waals surface area contributed by atoms with E-state index in [-0.39, 0.29) is 0 Å². The zero-order valence-corrected chi connectivity index (χ0v) is 15.8. The highest BCUT2D eigenvalue weighted by atomic mass is 79.9. The zero-order chi connectivity index (χ0) is 17.5. The number of aromatic nitrogens is 1. The van der Waals surface area contributed by atoms with Crippen molar-refractivity contribution in [3.05, 3.63) is 62.3 Å². The van der Waals surface area contributed by atoms with Crippen LogP contribution in [0.25, 0.3) is 6.08 Å². The van der Waals surface area contributed by atoms with E-state index in [9.17, 15) is 13.5 Å². The standard InChI is InChI=1S/C16H14BrClN2O3S/c1-24(22,23)9-15(21)16(14-4-2-3-5-19-14)8-10-6-12(18)11(17)7-13(10)20-16/h2-8,15,21H,9H2,1H3. The van der Waals surface area contributed by atoms with Crippen LogP contribution in [0.4, 0.5) is 0 Å². The smallest absolute Gasteiger partial charge is 0.150 e. The lowest BCUT2D eigenvalue weighted by atomic mass is 9.89. The summed E-state index contributed by atoms with van der Waals surface area (Å²) in [5, 5.41) is 12.6. The summed E-state index contributed by atoms with van der Waals surface area (Å²) in [5.41, 5.74) is -0.791. The SMILES string of the molecule is CS(=O)(=O)CC(O)C1(c2ccccn2)C=c2cc(Cl)c(Br)cc2=N1. The molecule has 8 heteroatoms. The summed E-state index contributed by atoms with van der Waals surface area (Å²) < 4.78 is 24.1. The van der Waals surface area contributed by atoms with Crippen molar-refractivity contribution in [2.45, 2.75) is 11.6 Å². The van der Waals surface area contributed by atoms with Crippen molar-refractivity contribution in [2.24, 2.45) is 4.99 Å². The maximum absolute atomic E-state index is 11.7. The number of pyridine rings is 1. The highest BCUT2D eigenvalue weighted by Gasteiger charge is 2.42. The van der Waals surface area contributed by atoms with E-state index in [0.717, 1.165) is 11.5 Å². The van der Waals surface area contributed by atoms with Crippen molar-refractivity contribution in [1.82, 2.24) is 4.98 Å². The summed E-state index contributed by atoms with van der Waals surface area (Å²) in [6.45, 7) is 0. The van der Waals surface area contributed by atoms with Crippen LogP contribution in [0.3, 0.4) is 0 Å². The molecule has 0 saturated carbocycles. The van der Waals surface area contributed by atoms with E-state index in [0.29, 0.717) is 20.5 Å². The van der Waals surface area contributed by atoms with Gasteiger partial charge in [0.1, 0.15) is 21.5 Å². The van der Waals surface area contributed by atoms with Crippen molar-refractivity contribution >= 4 is 43.4 Å². The van der Waals surface area contributed by atoms with Gasteiger partial charge in [0.2, 0.25) is 0 Å². The molecule has 0 aliphatic carbocycles. The first-order valence-corrected chi connectivity index (χ1v) is 10.3.